The lowest BCUT2D eigenvalue weighted by Gasteiger charge is -2.31. The maximum Gasteiger partial charge on any atom is 0.295 e. The first-order valence-electron chi connectivity index (χ1n) is 11.4. The van der Waals surface area contributed by atoms with Gasteiger partial charge in [-0.1, -0.05) is 30.3 Å². The summed E-state index contributed by atoms with van der Waals surface area (Å²) >= 11 is 0. The summed E-state index contributed by atoms with van der Waals surface area (Å²) in [5, 5.41) is 11.2. The number of aliphatic hydroxyl groups is 1. The van der Waals surface area contributed by atoms with Gasteiger partial charge in [0.05, 0.1) is 30.9 Å². The molecule has 7 nitrogen and oxygen atoms in total. The summed E-state index contributed by atoms with van der Waals surface area (Å²) in [7, 11) is 0. The van der Waals surface area contributed by atoms with Gasteiger partial charge < -0.3 is 19.5 Å². The molecule has 7 heteroatoms. The highest BCUT2D eigenvalue weighted by Gasteiger charge is 2.45. The highest BCUT2D eigenvalue weighted by molar-refractivity contribution is 6.46. The molecule has 2 heterocycles. The minimum absolute atomic E-state index is 0.0271. The number of amides is 1. The number of nitrogens with zero attached hydrogens (tertiary/aromatic N) is 2. The third-order valence-corrected chi connectivity index (χ3v) is 5.92. The normalized spacial score (nSPS) is 21.1. The summed E-state index contributed by atoms with van der Waals surface area (Å²) in [6.07, 6.45) is 0.0271. The summed E-state index contributed by atoms with van der Waals surface area (Å²) in [5.74, 6) is -0.747. The zero-order chi connectivity index (χ0) is 23.4. The van der Waals surface area contributed by atoms with E-state index in [-0.39, 0.29) is 17.4 Å². The molecule has 0 unspecified atom stereocenters. The fourth-order valence-corrected chi connectivity index (χ4v) is 4.29. The zero-order valence-electron chi connectivity index (χ0n) is 19.1. The molecule has 0 aliphatic carbocycles. The van der Waals surface area contributed by atoms with E-state index >= 15 is 0 Å². The fraction of sp³-hybridized carbons (Fsp3) is 0.385. The predicted octanol–water partition coefficient (Wildman–Crippen LogP) is 3.23. The third kappa shape index (κ3) is 5.10. The van der Waals surface area contributed by atoms with Gasteiger partial charge in [0, 0.05) is 31.7 Å². The number of likely N-dealkylation sites (tertiary alicyclic amines) is 1. The Morgan fingerprint density at radius 3 is 2.33 bits per heavy atom. The second-order valence-electron chi connectivity index (χ2n) is 8.55. The highest BCUT2D eigenvalue weighted by atomic mass is 16.5. The first-order valence-corrected chi connectivity index (χ1v) is 11.4. The van der Waals surface area contributed by atoms with Gasteiger partial charge in [-0.25, -0.2) is 0 Å². The van der Waals surface area contributed by atoms with Gasteiger partial charge in [-0.2, -0.15) is 0 Å². The molecule has 2 saturated heterocycles. The molecule has 2 aromatic rings. The maximum absolute atomic E-state index is 13.1. The number of aliphatic hydroxyl groups excluding tert-OH is 1. The van der Waals surface area contributed by atoms with Crippen molar-refractivity contribution in [1.29, 1.82) is 0 Å². The molecule has 0 radical (unpaired) electrons. The molecule has 1 atom stereocenters. The van der Waals surface area contributed by atoms with Crippen LogP contribution in [0.2, 0.25) is 0 Å². The highest BCUT2D eigenvalue weighted by Crippen LogP contribution is 2.39. The van der Waals surface area contributed by atoms with E-state index in [9.17, 15) is 14.7 Å². The van der Waals surface area contributed by atoms with Crippen LogP contribution >= 0.6 is 0 Å². The largest absolute Gasteiger partial charge is 0.507 e. The molecule has 0 aromatic heterocycles. The molecular weight excluding hydrogens is 420 g/mol. The lowest BCUT2D eigenvalue weighted by atomic mass is 9.95. The standard InChI is InChI=1S/C26H30N2O5/c1-18(2)33-21-10-8-20(9-11-21)24(29)22-23(19-6-4-3-5-7-19)28(26(31)25(22)30)13-12-27-14-16-32-17-15-27/h3-11,18,23,29H,12-17H2,1-2H3/t23-/m0/s1. The van der Waals surface area contributed by atoms with Crippen LogP contribution in [0.4, 0.5) is 0 Å². The summed E-state index contributed by atoms with van der Waals surface area (Å²) in [5.41, 5.74) is 1.38. The van der Waals surface area contributed by atoms with Crippen molar-refractivity contribution in [2.75, 3.05) is 39.4 Å². The monoisotopic (exact) mass is 450 g/mol. The molecule has 2 aliphatic rings. The molecule has 0 bridgehead atoms. The van der Waals surface area contributed by atoms with Crippen LogP contribution in [0.15, 0.2) is 60.2 Å². The van der Waals surface area contributed by atoms with E-state index in [2.05, 4.69) is 4.90 Å². The molecule has 1 amide bonds. The van der Waals surface area contributed by atoms with Crippen molar-refractivity contribution in [3.05, 3.63) is 71.3 Å². The molecule has 174 valence electrons. The number of ketones is 1. The van der Waals surface area contributed by atoms with E-state index in [1.165, 1.54) is 0 Å². The molecular formula is C26H30N2O5. The molecule has 4 rings (SSSR count). The van der Waals surface area contributed by atoms with Crippen LogP contribution in [0, 0.1) is 0 Å². The quantitative estimate of drug-likeness (QED) is 0.396. The van der Waals surface area contributed by atoms with Gasteiger partial charge in [-0.05, 0) is 43.7 Å². The summed E-state index contributed by atoms with van der Waals surface area (Å²) in [4.78, 5) is 30.0. The van der Waals surface area contributed by atoms with Crippen LogP contribution in [-0.4, -0.2) is 72.1 Å². The van der Waals surface area contributed by atoms with Crippen molar-refractivity contribution in [3.63, 3.8) is 0 Å². The molecule has 0 spiro atoms. The summed E-state index contributed by atoms with van der Waals surface area (Å²) in [6.45, 7) is 7.83. The number of carbonyl (C=O) groups excluding carboxylic acids is 2. The van der Waals surface area contributed by atoms with Gasteiger partial charge in [0.15, 0.2) is 0 Å². The van der Waals surface area contributed by atoms with Crippen molar-refractivity contribution < 1.29 is 24.2 Å². The number of morpholine rings is 1. The SMILES string of the molecule is CC(C)Oc1ccc(C(O)=C2C(=O)C(=O)N(CCN3CCOCC3)[C@H]2c2ccccc2)cc1. The molecule has 2 fully saturated rings. The molecule has 2 aromatic carbocycles. The van der Waals surface area contributed by atoms with Gasteiger partial charge in [0.2, 0.25) is 0 Å². The van der Waals surface area contributed by atoms with Gasteiger partial charge in [0.25, 0.3) is 11.7 Å². The van der Waals surface area contributed by atoms with E-state index in [0.29, 0.717) is 37.6 Å². The van der Waals surface area contributed by atoms with E-state index in [0.717, 1.165) is 18.7 Å². The summed E-state index contributed by atoms with van der Waals surface area (Å²) in [6, 6.07) is 15.7. The average molecular weight is 451 g/mol. The van der Waals surface area contributed by atoms with E-state index in [1.807, 2.05) is 44.2 Å². The average Bonchev–Trinajstić information content (AvgIpc) is 3.08. The lowest BCUT2D eigenvalue weighted by Crippen LogP contribution is -2.42. The molecule has 1 N–H and O–H groups in total. The second-order valence-corrected chi connectivity index (χ2v) is 8.55. The maximum atomic E-state index is 13.1. The number of hydrogen-bond donors (Lipinski definition) is 1. The van der Waals surface area contributed by atoms with Crippen LogP contribution < -0.4 is 4.74 Å². The van der Waals surface area contributed by atoms with Crippen molar-refractivity contribution in [1.82, 2.24) is 9.80 Å². The van der Waals surface area contributed by atoms with Crippen LogP contribution in [0.25, 0.3) is 5.76 Å². The Bertz CT molecular complexity index is 1010. The minimum Gasteiger partial charge on any atom is -0.507 e. The molecule has 33 heavy (non-hydrogen) atoms. The van der Waals surface area contributed by atoms with E-state index in [1.54, 1.807) is 29.2 Å². The van der Waals surface area contributed by atoms with Crippen molar-refractivity contribution in [2.24, 2.45) is 0 Å². The number of rotatable bonds is 7. The topological polar surface area (TPSA) is 79.3 Å². The number of hydrogen-bond acceptors (Lipinski definition) is 6. The van der Waals surface area contributed by atoms with Crippen LogP contribution in [-0.2, 0) is 14.3 Å². The fourth-order valence-electron chi connectivity index (χ4n) is 4.29. The van der Waals surface area contributed by atoms with Crippen molar-refractivity contribution >= 4 is 17.4 Å². The Balaban J connectivity index is 1.67. The predicted molar refractivity (Wildman–Crippen MR) is 125 cm³/mol. The van der Waals surface area contributed by atoms with Gasteiger partial charge >= 0.3 is 0 Å². The zero-order valence-corrected chi connectivity index (χ0v) is 19.1. The smallest absolute Gasteiger partial charge is 0.295 e. The first-order chi connectivity index (χ1) is 16.0. The Hall–Kier alpha value is -3.16. The Labute approximate surface area is 194 Å². The van der Waals surface area contributed by atoms with Crippen molar-refractivity contribution in [3.8, 4) is 5.75 Å². The Morgan fingerprint density at radius 2 is 1.70 bits per heavy atom. The Kier molecular flexibility index (Phi) is 7.11. The van der Waals surface area contributed by atoms with E-state index in [4.69, 9.17) is 9.47 Å². The van der Waals surface area contributed by atoms with Crippen LogP contribution in [0.1, 0.15) is 31.0 Å². The number of benzene rings is 2. The number of carbonyl (C=O) groups is 2. The third-order valence-electron chi connectivity index (χ3n) is 5.92. The van der Waals surface area contributed by atoms with Gasteiger partial charge in [-0.15, -0.1) is 0 Å². The first kappa shape index (κ1) is 23.0. The van der Waals surface area contributed by atoms with Crippen LogP contribution in [0.3, 0.4) is 0 Å². The van der Waals surface area contributed by atoms with E-state index < -0.39 is 17.7 Å². The molecule has 0 saturated carbocycles. The van der Waals surface area contributed by atoms with Gasteiger partial charge in [0.1, 0.15) is 11.5 Å². The number of Topliss-reactive ketones (excluding diaryl/α,β-unsaturated/α-hetero) is 1. The lowest BCUT2D eigenvalue weighted by molar-refractivity contribution is -0.140. The minimum atomic E-state index is -0.661. The Morgan fingerprint density at radius 1 is 1.03 bits per heavy atom. The van der Waals surface area contributed by atoms with Crippen LogP contribution in [0.5, 0.6) is 5.75 Å². The summed E-state index contributed by atoms with van der Waals surface area (Å²) < 4.78 is 11.1. The van der Waals surface area contributed by atoms with Crippen molar-refractivity contribution in [2.45, 2.75) is 26.0 Å². The second kappa shape index (κ2) is 10.2. The number of ether oxygens (including phenoxy) is 2. The molecule has 2 aliphatic heterocycles. The van der Waals surface area contributed by atoms with Gasteiger partial charge in [-0.3, -0.25) is 14.5 Å².